The Morgan fingerprint density at radius 2 is 1.67 bits per heavy atom. The van der Waals surface area contributed by atoms with Gasteiger partial charge in [0.15, 0.2) is 5.69 Å². The van der Waals surface area contributed by atoms with Gasteiger partial charge in [0.25, 0.3) is 0 Å². The molecule has 1 aliphatic heterocycles. The van der Waals surface area contributed by atoms with E-state index >= 15 is 0 Å². The van der Waals surface area contributed by atoms with E-state index < -0.39 is 11.9 Å². The second-order valence-electron chi connectivity index (χ2n) is 6.97. The minimum atomic E-state index is -1.55. The van der Waals surface area contributed by atoms with Crippen molar-refractivity contribution in [2.75, 3.05) is 34.3 Å². The van der Waals surface area contributed by atoms with Crippen LogP contribution in [0.1, 0.15) is 6.42 Å². The van der Waals surface area contributed by atoms with Crippen molar-refractivity contribution in [2.45, 2.75) is 16.2 Å². The predicted octanol–water partition coefficient (Wildman–Crippen LogP) is -1.42. The lowest BCUT2D eigenvalue weighted by Crippen LogP contribution is -3.07. The second kappa shape index (κ2) is 11.4. The summed E-state index contributed by atoms with van der Waals surface area (Å²) in [6.45, 7) is 2.31. The summed E-state index contributed by atoms with van der Waals surface area (Å²) in [6.07, 6.45) is 1.97. The van der Waals surface area contributed by atoms with Gasteiger partial charge in [0.2, 0.25) is 0 Å². The molecule has 1 unspecified atom stereocenters. The quantitative estimate of drug-likeness (QED) is 0.524. The number of ether oxygens (including phenoxy) is 1. The number of aliphatic carboxylic acids is 2. The first kappa shape index (κ1) is 23.5. The van der Waals surface area contributed by atoms with Crippen LogP contribution in [-0.4, -0.2) is 46.2 Å². The summed E-state index contributed by atoms with van der Waals surface area (Å²) in [7, 11) is 6.17. The Kier molecular flexibility index (Phi) is 8.91. The molecule has 0 fully saturated rings. The topological polar surface area (TPSA) is 98.4 Å². The Morgan fingerprint density at radius 1 is 1.03 bits per heavy atom. The number of carbonyl (C=O) groups is 2. The Hall–Kier alpha value is -2.81. The molecule has 1 aliphatic rings. The third-order valence-electron chi connectivity index (χ3n) is 4.40. The third-order valence-corrected chi connectivity index (χ3v) is 5.55. The van der Waals surface area contributed by atoms with Gasteiger partial charge < -0.3 is 29.4 Å². The maximum absolute atomic E-state index is 9.41. The fraction of sp³-hybridized carbons (Fsp3) is 0.273. The zero-order chi connectivity index (χ0) is 22.1. The number of carboxylic acid groups (broad SMARTS) is 2. The first-order chi connectivity index (χ1) is 14.3. The van der Waals surface area contributed by atoms with Gasteiger partial charge in [-0.05, 0) is 30.4 Å². The SMILES string of the molecule is COc1ccc2c(c1)[NH+](CCC[NH+](C)C)c1ccccc1S2.O=C([O-])C=CC(=O)[O-]. The second-order valence-corrected chi connectivity index (χ2v) is 8.05. The van der Waals surface area contributed by atoms with E-state index in [2.05, 4.69) is 56.6 Å². The maximum atomic E-state index is 9.41. The Bertz CT molecular complexity index is 898. The fourth-order valence-electron chi connectivity index (χ4n) is 3.05. The number of quaternary nitrogens is 2. The van der Waals surface area contributed by atoms with Crippen molar-refractivity contribution >= 4 is 35.1 Å². The van der Waals surface area contributed by atoms with Crippen LogP contribution in [0.5, 0.6) is 5.75 Å². The van der Waals surface area contributed by atoms with Gasteiger partial charge in [-0.25, -0.2) is 0 Å². The standard InChI is InChI=1S/C18H22N2OS.C4H4O4/c1-19(2)11-6-12-20-15-7-4-5-8-17(15)22-18-10-9-14(21-3)13-16(18)20;5-3(6)1-2-4(7)8/h4-5,7-10,13H,6,11-12H2,1-3H3;1-2H,(H,5,6)(H,7,8). The van der Waals surface area contributed by atoms with Crippen LogP contribution in [-0.2, 0) is 9.59 Å². The van der Waals surface area contributed by atoms with Gasteiger partial charge in [0, 0.05) is 18.6 Å². The van der Waals surface area contributed by atoms with Crippen LogP contribution < -0.4 is 24.7 Å². The van der Waals surface area contributed by atoms with Crippen molar-refractivity contribution in [3.8, 4) is 5.75 Å². The molecule has 0 radical (unpaired) electrons. The summed E-state index contributed by atoms with van der Waals surface area (Å²) in [4.78, 5) is 24.5. The number of hydrogen-bond acceptors (Lipinski definition) is 6. The van der Waals surface area contributed by atoms with Crippen molar-refractivity contribution < 1.29 is 34.3 Å². The van der Waals surface area contributed by atoms with E-state index in [9.17, 15) is 19.8 Å². The van der Waals surface area contributed by atoms with Gasteiger partial charge in [0.1, 0.15) is 11.4 Å². The van der Waals surface area contributed by atoms with Gasteiger partial charge in [-0.3, -0.25) is 4.90 Å². The van der Waals surface area contributed by atoms with Crippen LogP contribution in [0.3, 0.4) is 0 Å². The van der Waals surface area contributed by atoms with Crippen molar-refractivity contribution in [1.29, 1.82) is 0 Å². The molecule has 3 rings (SSSR count). The molecule has 0 spiro atoms. The van der Waals surface area contributed by atoms with E-state index in [0.29, 0.717) is 12.2 Å². The molecule has 7 nitrogen and oxygen atoms in total. The van der Waals surface area contributed by atoms with Gasteiger partial charge in [-0.15, -0.1) is 0 Å². The van der Waals surface area contributed by atoms with Crippen LogP contribution in [0.2, 0.25) is 0 Å². The Labute approximate surface area is 180 Å². The summed E-state index contributed by atoms with van der Waals surface area (Å²) in [6, 6.07) is 15.2. The molecule has 1 heterocycles. The number of benzene rings is 2. The minimum Gasteiger partial charge on any atom is -0.545 e. The molecule has 0 bridgehead atoms. The Balaban J connectivity index is 0.000000343. The van der Waals surface area contributed by atoms with Crippen molar-refractivity contribution in [1.82, 2.24) is 0 Å². The summed E-state index contributed by atoms with van der Waals surface area (Å²) in [5.41, 5.74) is 2.74. The molecule has 160 valence electrons. The van der Waals surface area contributed by atoms with E-state index in [-0.39, 0.29) is 0 Å². The van der Waals surface area contributed by atoms with E-state index in [1.54, 1.807) is 7.11 Å². The van der Waals surface area contributed by atoms with Crippen LogP contribution in [0.4, 0.5) is 11.4 Å². The highest BCUT2D eigenvalue weighted by Crippen LogP contribution is 2.41. The van der Waals surface area contributed by atoms with Gasteiger partial charge in [-0.1, -0.05) is 23.9 Å². The summed E-state index contributed by atoms with van der Waals surface area (Å²) >= 11 is 1.86. The highest BCUT2D eigenvalue weighted by molar-refractivity contribution is 7.99. The Morgan fingerprint density at radius 3 is 2.27 bits per heavy atom. The normalized spacial score (nSPS) is 14.5. The summed E-state index contributed by atoms with van der Waals surface area (Å²) in [5, 5.41) is 18.8. The maximum Gasteiger partial charge on any atom is 0.154 e. The number of hydrogen-bond donors (Lipinski definition) is 2. The summed E-state index contributed by atoms with van der Waals surface area (Å²) in [5.74, 6) is -2.15. The lowest BCUT2D eigenvalue weighted by Gasteiger charge is -2.27. The molecule has 0 saturated heterocycles. The zero-order valence-corrected chi connectivity index (χ0v) is 18.1. The molecule has 0 aromatic heterocycles. The highest BCUT2D eigenvalue weighted by atomic mass is 32.2. The molecule has 2 aromatic carbocycles. The highest BCUT2D eigenvalue weighted by Gasteiger charge is 2.28. The molecule has 30 heavy (non-hydrogen) atoms. The van der Waals surface area contributed by atoms with Gasteiger partial charge in [-0.2, -0.15) is 0 Å². The molecule has 0 saturated carbocycles. The lowest BCUT2D eigenvalue weighted by molar-refractivity contribution is -0.862. The number of fused-ring (bicyclic) bond motifs is 2. The number of rotatable bonds is 7. The van der Waals surface area contributed by atoms with Crippen molar-refractivity contribution in [3.63, 3.8) is 0 Å². The molecule has 2 N–H and O–H groups in total. The molecule has 1 atom stereocenters. The number of methoxy groups -OCH3 is 1. The number of nitrogens with one attached hydrogen (secondary N) is 2. The first-order valence-corrected chi connectivity index (χ1v) is 10.3. The summed E-state index contributed by atoms with van der Waals surface area (Å²) < 4.78 is 5.43. The van der Waals surface area contributed by atoms with Crippen LogP contribution in [0.25, 0.3) is 0 Å². The molecular formula is C22H26N2O5S. The van der Waals surface area contributed by atoms with Crippen LogP contribution >= 0.6 is 11.8 Å². The lowest BCUT2D eigenvalue weighted by atomic mass is 10.2. The zero-order valence-electron chi connectivity index (χ0n) is 17.3. The van der Waals surface area contributed by atoms with Crippen molar-refractivity contribution in [3.05, 3.63) is 54.6 Å². The largest absolute Gasteiger partial charge is 0.545 e. The number of carbonyl (C=O) groups excluding carboxylic acids is 2. The van der Waals surface area contributed by atoms with E-state index in [0.717, 1.165) is 12.3 Å². The molecule has 0 amide bonds. The van der Waals surface area contributed by atoms with Gasteiger partial charge in [0.05, 0.1) is 56.0 Å². The van der Waals surface area contributed by atoms with Crippen LogP contribution in [0, 0.1) is 0 Å². The average Bonchev–Trinajstić information content (AvgIpc) is 2.71. The smallest absolute Gasteiger partial charge is 0.154 e. The van der Waals surface area contributed by atoms with Crippen molar-refractivity contribution in [2.24, 2.45) is 0 Å². The molecular weight excluding hydrogens is 404 g/mol. The number of carboxylic acids is 2. The predicted molar refractivity (Wildman–Crippen MR) is 110 cm³/mol. The van der Waals surface area contributed by atoms with Crippen LogP contribution in [0.15, 0.2) is 64.4 Å². The van der Waals surface area contributed by atoms with E-state index in [4.69, 9.17) is 4.74 Å². The molecule has 0 aliphatic carbocycles. The molecule has 2 aromatic rings. The monoisotopic (exact) mass is 430 g/mol. The minimum absolute atomic E-state index is 0.384. The average molecular weight is 431 g/mol. The first-order valence-electron chi connectivity index (χ1n) is 9.52. The van der Waals surface area contributed by atoms with E-state index in [1.807, 2.05) is 11.8 Å². The van der Waals surface area contributed by atoms with Gasteiger partial charge >= 0.3 is 0 Å². The molecule has 8 heteroatoms. The van der Waals surface area contributed by atoms with E-state index in [1.165, 1.54) is 43.9 Å². The fourth-order valence-corrected chi connectivity index (χ4v) is 4.17. The third kappa shape index (κ3) is 6.91. The number of para-hydroxylation sites is 1.